The Morgan fingerprint density at radius 3 is 2.92 bits per heavy atom. The van der Waals surface area contributed by atoms with Gasteiger partial charge < -0.3 is 25.0 Å². The Morgan fingerprint density at radius 2 is 2.08 bits per heavy atom. The molecule has 1 saturated heterocycles. The van der Waals surface area contributed by atoms with E-state index in [4.69, 9.17) is 9.47 Å². The molecule has 0 amide bonds. The largest absolute Gasteiger partial charge is 0.454 e. The maximum absolute atomic E-state index is 5.62. The van der Waals surface area contributed by atoms with Crippen molar-refractivity contribution in [3.8, 4) is 11.5 Å². The van der Waals surface area contributed by atoms with Crippen LogP contribution in [0.4, 0.5) is 0 Å². The highest BCUT2D eigenvalue weighted by molar-refractivity contribution is 5.48. The highest BCUT2D eigenvalue weighted by Gasteiger charge is 2.21. The normalized spacial score (nSPS) is 23.2. The summed E-state index contributed by atoms with van der Waals surface area (Å²) in [5, 5.41) is 7.27. The van der Waals surface area contributed by atoms with Gasteiger partial charge in [-0.05, 0) is 50.8 Å². The zero-order chi connectivity index (χ0) is 17.9. The van der Waals surface area contributed by atoms with Gasteiger partial charge in [-0.2, -0.15) is 0 Å². The van der Waals surface area contributed by atoms with Crippen molar-refractivity contribution in [3.63, 3.8) is 0 Å². The van der Waals surface area contributed by atoms with Crippen LogP contribution in [0.3, 0.4) is 0 Å². The predicted octanol–water partition coefficient (Wildman–Crippen LogP) is 3.14. The lowest BCUT2D eigenvalue weighted by molar-refractivity contribution is 0.173. The van der Waals surface area contributed by atoms with Gasteiger partial charge in [-0.15, -0.1) is 0 Å². The molecular formula is C21H29N3O2. The Kier molecular flexibility index (Phi) is 5.07. The van der Waals surface area contributed by atoms with Crippen molar-refractivity contribution in [3.05, 3.63) is 47.3 Å². The van der Waals surface area contributed by atoms with Crippen LogP contribution in [0.5, 0.6) is 11.5 Å². The Bertz CT molecular complexity index is 707. The molecule has 0 spiro atoms. The first-order valence-electron chi connectivity index (χ1n) is 9.76. The summed E-state index contributed by atoms with van der Waals surface area (Å²) < 4.78 is 11.1. The van der Waals surface area contributed by atoms with Crippen LogP contribution in [-0.4, -0.2) is 36.9 Å². The van der Waals surface area contributed by atoms with Gasteiger partial charge in [-0.25, -0.2) is 0 Å². The number of ether oxygens (including phenoxy) is 2. The van der Waals surface area contributed by atoms with E-state index in [1.165, 1.54) is 30.7 Å². The number of hydrogen-bond acceptors (Lipinski definition) is 5. The minimum absolute atomic E-state index is 0.275. The molecule has 26 heavy (non-hydrogen) atoms. The molecule has 1 aromatic rings. The fourth-order valence-corrected chi connectivity index (χ4v) is 3.91. The van der Waals surface area contributed by atoms with E-state index in [-0.39, 0.29) is 6.04 Å². The lowest BCUT2D eigenvalue weighted by atomic mass is 10.0. The first-order valence-corrected chi connectivity index (χ1v) is 9.76. The molecule has 0 saturated carbocycles. The maximum atomic E-state index is 5.62. The van der Waals surface area contributed by atoms with Gasteiger partial charge in [-0.1, -0.05) is 18.2 Å². The summed E-state index contributed by atoms with van der Waals surface area (Å²) in [5.41, 5.74) is 2.50. The van der Waals surface area contributed by atoms with Crippen molar-refractivity contribution in [1.29, 1.82) is 0 Å². The summed E-state index contributed by atoms with van der Waals surface area (Å²) in [6.45, 7) is 7.85. The summed E-state index contributed by atoms with van der Waals surface area (Å²) in [7, 11) is 0. The van der Waals surface area contributed by atoms with E-state index in [0.717, 1.165) is 36.7 Å². The lowest BCUT2D eigenvalue weighted by Gasteiger charge is -2.35. The second-order valence-corrected chi connectivity index (χ2v) is 7.43. The summed E-state index contributed by atoms with van der Waals surface area (Å²) in [6.07, 6.45) is 8.58. The van der Waals surface area contributed by atoms with Gasteiger partial charge in [0.1, 0.15) is 5.82 Å². The molecule has 1 aromatic carbocycles. The third kappa shape index (κ3) is 3.68. The molecule has 0 bridgehead atoms. The monoisotopic (exact) mass is 355 g/mol. The second kappa shape index (κ2) is 7.62. The Morgan fingerprint density at radius 1 is 1.23 bits per heavy atom. The number of hydrogen-bond donors (Lipinski definition) is 2. The van der Waals surface area contributed by atoms with Crippen molar-refractivity contribution in [2.45, 2.75) is 51.7 Å². The van der Waals surface area contributed by atoms with Gasteiger partial charge in [0, 0.05) is 37.3 Å². The zero-order valence-electron chi connectivity index (χ0n) is 15.8. The molecule has 3 aliphatic heterocycles. The average Bonchev–Trinajstić information content (AvgIpc) is 3.15. The first-order chi connectivity index (χ1) is 12.7. The Balaban J connectivity index is 1.43. The SMILES string of the molecule is CC1C=C(C(C)NCc2cccc3c2OCO3)C=C(N2CCCCC2)N1. The molecule has 0 aromatic heterocycles. The van der Waals surface area contributed by atoms with E-state index in [0.29, 0.717) is 12.8 Å². The smallest absolute Gasteiger partial charge is 0.231 e. The fourth-order valence-electron chi connectivity index (χ4n) is 3.91. The van der Waals surface area contributed by atoms with Crippen molar-refractivity contribution < 1.29 is 9.47 Å². The molecule has 3 heterocycles. The molecule has 4 rings (SSSR count). The van der Waals surface area contributed by atoms with Crippen LogP contribution in [0.25, 0.3) is 0 Å². The fraction of sp³-hybridized carbons (Fsp3) is 0.524. The Hall–Kier alpha value is -2.14. The van der Waals surface area contributed by atoms with Crippen LogP contribution in [0.2, 0.25) is 0 Å². The molecule has 1 fully saturated rings. The molecule has 140 valence electrons. The molecule has 2 atom stereocenters. The van der Waals surface area contributed by atoms with E-state index in [2.05, 4.69) is 47.6 Å². The molecule has 5 heteroatoms. The average molecular weight is 355 g/mol. The number of nitrogens with zero attached hydrogens (tertiary/aromatic N) is 1. The van der Waals surface area contributed by atoms with Gasteiger partial charge in [0.2, 0.25) is 6.79 Å². The summed E-state index contributed by atoms with van der Waals surface area (Å²) in [5.74, 6) is 3.00. The van der Waals surface area contributed by atoms with Gasteiger partial charge in [0.25, 0.3) is 0 Å². The van der Waals surface area contributed by atoms with Gasteiger partial charge >= 0.3 is 0 Å². The molecule has 2 N–H and O–H groups in total. The van der Waals surface area contributed by atoms with Crippen molar-refractivity contribution in [2.75, 3.05) is 19.9 Å². The second-order valence-electron chi connectivity index (χ2n) is 7.43. The molecule has 2 unspecified atom stereocenters. The summed E-state index contributed by atoms with van der Waals surface area (Å²) >= 11 is 0. The lowest BCUT2D eigenvalue weighted by Crippen LogP contribution is -2.41. The van der Waals surface area contributed by atoms with Gasteiger partial charge in [0.15, 0.2) is 11.5 Å². The van der Waals surface area contributed by atoms with Crippen LogP contribution in [0.1, 0.15) is 38.7 Å². The quantitative estimate of drug-likeness (QED) is 0.850. The molecule has 3 aliphatic rings. The first kappa shape index (κ1) is 17.3. The number of nitrogens with one attached hydrogen (secondary N) is 2. The van der Waals surface area contributed by atoms with E-state index >= 15 is 0 Å². The number of benzene rings is 1. The third-order valence-corrected chi connectivity index (χ3v) is 5.39. The highest BCUT2D eigenvalue weighted by atomic mass is 16.7. The number of dihydropyridines is 1. The topological polar surface area (TPSA) is 45.8 Å². The molecular weight excluding hydrogens is 326 g/mol. The van der Waals surface area contributed by atoms with Gasteiger partial charge in [0.05, 0.1) is 0 Å². The van der Waals surface area contributed by atoms with Crippen LogP contribution in [0, 0.1) is 0 Å². The number of rotatable bonds is 5. The highest BCUT2D eigenvalue weighted by Crippen LogP contribution is 2.35. The number of likely N-dealkylation sites (tertiary alicyclic amines) is 1. The van der Waals surface area contributed by atoms with E-state index < -0.39 is 0 Å². The van der Waals surface area contributed by atoms with E-state index in [1.54, 1.807) is 0 Å². The third-order valence-electron chi connectivity index (χ3n) is 5.39. The molecule has 0 aliphatic carbocycles. The summed E-state index contributed by atoms with van der Waals surface area (Å²) in [6, 6.07) is 6.71. The van der Waals surface area contributed by atoms with Crippen molar-refractivity contribution in [1.82, 2.24) is 15.5 Å². The van der Waals surface area contributed by atoms with Crippen LogP contribution >= 0.6 is 0 Å². The predicted molar refractivity (Wildman–Crippen MR) is 103 cm³/mol. The number of fused-ring (bicyclic) bond motifs is 1. The molecule has 0 radical (unpaired) electrons. The van der Waals surface area contributed by atoms with E-state index in [9.17, 15) is 0 Å². The van der Waals surface area contributed by atoms with Gasteiger partial charge in [-0.3, -0.25) is 0 Å². The maximum Gasteiger partial charge on any atom is 0.231 e. The molecule has 5 nitrogen and oxygen atoms in total. The zero-order valence-corrected chi connectivity index (χ0v) is 15.8. The van der Waals surface area contributed by atoms with Crippen LogP contribution < -0.4 is 20.1 Å². The van der Waals surface area contributed by atoms with Crippen LogP contribution in [-0.2, 0) is 6.54 Å². The Labute approximate surface area is 156 Å². The van der Waals surface area contributed by atoms with Crippen LogP contribution in [0.15, 0.2) is 41.7 Å². The minimum atomic E-state index is 0.275. The number of piperidine rings is 1. The summed E-state index contributed by atoms with van der Waals surface area (Å²) in [4.78, 5) is 2.50. The van der Waals surface area contributed by atoms with Crippen molar-refractivity contribution >= 4 is 0 Å². The standard InChI is InChI=1S/C21H29N3O2/c1-15-11-18(12-20(23-15)24-9-4-3-5-10-24)16(2)22-13-17-7-6-8-19-21(17)26-14-25-19/h6-8,11-12,15-16,22-23H,3-5,9-10,13-14H2,1-2H3. The van der Waals surface area contributed by atoms with Crippen molar-refractivity contribution in [2.24, 2.45) is 0 Å². The minimum Gasteiger partial charge on any atom is -0.454 e. The van der Waals surface area contributed by atoms with E-state index in [1.807, 2.05) is 12.1 Å². The number of para-hydroxylation sites is 1.